The van der Waals surface area contributed by atoms with Crippen LogP contribution in [0.1, 0.15) is 49.2 Å². The zero-order valence-electron chi connectivity index (χ0n) is 16.7. The van der Waals surface area contributed by atoms with Gasteiger partial charge in [-0.3, -0.25) is 4.79 Å². The second-order valence-electron chi connectivity index (χ2n) is 8.08. The third kappa shape index (κ3) is 3.64. The molecule has 142 valence electrons. The average molecular weight is 369 g/mol. The fraction of sp³-hybridized carbons (Fsp3) is 0.381. The normalized spacial score (nSPS) is 17.8. The number of hydrogen-bond donors (Lipinski definition) is 0. The molecule has 6 heteroatoms. The molecule has 4 nitrogen and oxygen atoms in total. The van der Waals surface area contributed by atoms with E-state index >= 15 is 0 Å². The van der Waals surface area contributed by atoms with Crippen molar-refractivity contribution in [1.29, 1.82) is 0 Å². The number of aryl methyl sites for hydroxylation is 2. The van der Waals surface area contributed by atoms with Crippen LogP contribution in [0.25, 0.3) is 0 Å². The number of benzene rings is 2. The van der Waals surface area contributed by atoms with Gasteiger partial charge in [0, 0.05) is 5.56 Å². The van der Waals surface area contributed by atoms with Gasteiger partial charge in [0.25, 0.3) is 5.91 Å². The van der Waals surface area contributed by atoms with Gasteiger partial charge in [0.15, 0.2) is 0 Å². The number of amides is 1. The minimum atomic E-state index is -0.710. The Balaban J connectivity index is 1.89. The number of carbonyl (C=O) groups excluding carboxylic acids is 1. The van der Waals surface area contributed by atoms with Crippen molar-refractivity contribution < 1.29 is 18.6 Å². The monoisotopic (exact) mass is 369 g/mol. The highest BCUT2D eigenvalue weighted by molar-refractivity contribution is 6.62. The molecule has 1 heterocycles. The topological polar surface area (TPSA) is 38.8 Å². The molecule has 0 aliphatic carbocycles. The molecule has 0 saturated carbocycles. The molecule has 1 saturated heterocycles. The molecule has 0 radical (unpaired) electrons. The van der Waals surface area contributed by atoms with Crippen molar-refractivity contribution in [3.63, 3.8) is 0 Å². The summed E-state index contributed by atoms with van der Waals surface area (Å²) in [6.07, 6.45) is 0. The summed E-state index contributed by atoms with van der Waals surface area (Å²) in [5.41, 5.74) is 2.09. The first-order valence-corrected chi connectivity index (χ1v) is 9.05. The third-order valence-electron chi connectivity index (χ3n) is 5.47. The van der Waals surface area contributed by atoms with Gasteiger partial charge in [-0.2, -0.15) is 0 Å². The summed E-state index contributed by atoms with van der Waals surface area (Å²) >= 11 is 0. The lowest BCUT2D eigenvalue weighted by molar-refractivity contribution is 0.00578. The zero-order chi connectivity index (χ0) is 20.0. The summed E-state index contributed by atoms with van der Waals surface area (Å²) in [6, 6.07) is 11.8. The molecular weight excluding hydrogens is 344 g/mol. The SMILES string of the molecule is Cc1ccc(C(=O)N(F)c2ccc(C)c(B3OC(C)(C)C(C)(C)O3)c2)cc1. The molecule has 3 rings (SSSR count). The predicted octanol–water partition coefficient (Wildman–Crippen LogP) is 4.13. The maximum absolute atomic E-state index is 14.8. The van der Waals surface area contributed by atoms with Crippen LogP contribution >= 0.6 is 0 Å². The van der Waals surface area contributed by atoms with Crippen molar-refractivity contribution in [1.82, 2.24) is 0 Å². The molecule has 1 aliphatic rings. The number of halogens is 1. The highest BCUT2D eigenvalue weighted by Crippen LogP contribution is 2.37. The van der Waals surface area contributed by atoms with E-state index < -0.39 is 24.2 Å². The van der Waals surface area contributed by atoms with Gasteiger partial charge in [-0.25, -0.2) is 0 Å². The van der Waals surface area contributed by atoms with E-state index in [0.717, 1.165) is 11.1 Å². The molecule has 2 aromatic carbocycles. The molecule has 0 aromatic heterocycles. The van der Waals surface area contributed by atoms with E-state index in [1.807, 2.05) is 41.5 Å². The molecule has 0 spiro atoms. The second kappa shape index (κ2) is 6.77. The van der Waals surface area contributed by atoms with Crippen molar-refractivity contribution >= 4 is 24.2 Å². The molecule has 0 bridgehead atoms. The molecule has 0 N–H and O–H groups in total. The quantitative estimate of drug-likeness (QED) is 0.603. The highest BCUT2D eigenvalue weighted by Gasteiger charge is 2.52. The second-order valence-corrected chi connectivity index (χ2v) is 8.08. The number of carbonyl (C=O) groups is 1. The predicted molar refractivity (Wildman–Crippen MR) is 106 cm³/mol. The fourth-order valence-corrected chi connectivity index (χ4v) is 2.90. The maximum Gasteiger partial charge on any atom is 0.495 e. The van der Waals surface area contributed by atoms with Crippen LogP contribution in [-0.2, 0) is 9.31 Å². The summed E-state index contributed by atoms with van der Waals surface area (Å²) in [5, 5.41) is 0.166. The van der Waals surface area contributed by atoms with Crippen molar-refractivity contribution in [2.24, 2.45) is 0 Å². The van der Waals surface area contributed by atoms with Gasteiger partial charge >= 0.3 is 7.12 Å². The summed E-state index contributed by atoms with van der Waals surface area (Å²) in [7, 11) is -0.613. The first-order chi connectivity index (χ1) is 12.5. The van der Waals surface area contributed by atoms with E-state index in [4.69, 9.17) is 9.31 Å². The Morgan fingerprint density at radius 2 is 1.52 bits per heavy atom. The minimum absolute atomic E-state index is 0.149. The van der Waals surface area contributed by atoms with Gasteiger partial charge < -0.3 is 9.31 Å². The Kier molecular flexibility index (Phi) is 4.91. The van der Waals surface area contributed by atoms with Crippen LogP contribution in [0.5, 0.6) is 0 Å². The van der Waals surface area contributed by atoms with Gasteiger partial charge in [0.2, 0.25) is 0 Å². The Morgan fingerprint density at radius 1 is 0.963 bits per heavy atom. The van der Waals surface area contributed by atoms with Crippen molar-refractivity contribution in [2.45, 2.75) is 52.7 Å². The van der Waals surface area contributed by atoms with Crippen molar-refractivity contribution in [3.8, 4) is 0 Å². The van der Waals surface area contributed by atoms with Gasteiger partial charge in [0.05, 0.1) is 16.9 Å². The van der Waals surface area contributed by atoms with Crippen LogP contribution < -0.4 is 10.6 Å². The third-order valence-corrected chi connectivity index (χ3v) is 5.47. The largest absolute Gasteiger partial charge is 0.495 e. The van der Waals surface area contributed by atoms with E-state index in [-0.39, 0.29) is 10.8 Å². The Labute approximate surface area is 160 Å². The summed E-state index contributed by atoms with van der Waals surface area (Å²) in [6.45, 7) is 11.7. The van der Waals surface area contributed by atoms with Crippen LogP contribution in [0, 0.1) is 13.8 Å². The Morgan fingerprint density at radius 3 is 2.07 bits per heavy atom. The lowest BCUT2D eigenvalue weighted by atomic mass is 9.76. The lowest BCUT2D eigenvalue weighted by Crippen LogP contribution is -2.41. The Bertz CT molecular complexity index is 848. The molecule has 0 unspecified atom stereocenters. The van der Waals surface area contributed by atoms with Crippen molar-refractivity contribution in [2.75, 3.05) is 5.12 Å². The van der Waals surface area contributed by atoms with Gasteiger partial charge in [-0.15, -0.1) is 5.12 Å². The summed E-state index contributed by atoms with van der Waals surface area (Å²) in [4.78, 5) is 12.5. The van der Waals surface area contributed by atoms with Crippen LogP contribution in [0.2, 0.25) is 0 Å². The number of rotatable bonds is 3. The van der Waals surface area contributed by atoms with E-state index in [1.165, 1.54) is 0 Å². The standard InChI is InChI=1S/C21H25BFNO3/c1-14-7-10-16(11-8-14)19(25)24(23)17-12-9-15(2)18(13-17)22-26-20(3,4)21(5,6)27-22/h7-13H,1-6H3. The zero-order valence-corrected chi connectivity index (χ0v) is 16.7. The van der Waals surface area contributed by atoms with Gasteiger partial charge in [-0.1, -0.05) is 33.8 Å². The lowest BCUT2D eigenvalue weighted by Gasteiger charge is -2.32. The molecule has 1 fully saturated rings. The van der Waals surface area contributed by atoms with E-state index in [0.29, 0.717) is 11.0 Å². The number of hydrogen-bond acceptors (Lipinski definition) is 3. The molecule has 0 atom stereocenters. The van der Waals surface area contributed by atoms with Gasteiger partial charge in [-0.05, 0) is 71.3 Å². The molecule has 1 aliphatic heterocycles. The van der Waals surface area contributed by atoms with Crippen LogP contribution in [0.15, 0.2) is 42.5 Å². The fourth-order valence-electron chi connectivity index (χ4n) is 2.90. The minimum Gasteiger partial charge on any atom is -0.399 e. The van der Waals surface area contributed by atoms with Crippen molar-refractivity contribution in [3.05, 3.63) is 59.2 Å². The molecular formula is C21H25BFNO3. The van der Waals surface area contributed by atoms with Gasteiger partial charge in [0.1, 0.15) is 0 Å². The first-order valence-electron chi connectivity index (χ1n) is 9.05. The van der Waals surface area contributed by atoms with Crippen LogP contribution in [0.3, 0.4) is 0 Å². The maximum atomic E-state index is 14.8. The highest BCUT2D eigenvalue weighted by atomic mass is 19.2. The first kappa shape index (κ1) is 19.6. The molecule has 2 aromatic rings. The van der Waals surface area contributed by atoms with E-state index in [1.54, 1.807) is 42.5 Å². The van der Waals surface area contributed by atoms with Crippen LogP contribution in [-0.4, -0.2) is 24.2 Å². The summed E-state index contributed by atoms with van der Waals surface area (Å²) in [5.74, 6) is -0.710. The number of anilines is 1. The molecule has 1 amide bonds. The smallest absolute Gasteiger partial charge is 0.399 e. The average Bonchev–Trinajstić information content (AvgIpc) is 2.82. The van der Waals surface area contributed by atoms with E-state index in [2.05, 4.69) is 0 Å². The summed E-state index contributed by atoms with van der Waals surface area (Å²) < 4.78 is 27.0. The van der Waals surface area contributed by atoms with E-state index in [9.17, 15) is 9.28 Å². The Hall–Kier alpha value is -2.18. The van der Waals surface area contributed by atoms with Crippen LogP contribution in [0.4, 0.5) is 10.2 Å². The molecule has 27 heavy (non-hydrogen) atoms. The number of nitrogens with zero attached hydrogens (tertiary/aromatic N) is 1.